The van der Waals surface area contributed by atoms with Gasteiger partial charge in [-0.15, -0.1) is 0 Å². The summed E-state index contributed by atoms with van der Waals surface area (Å²) in [6.45, 7) is 9.26. The van der Waals surface area contributed by atoms with Gasteiger partial charge in [-0.05, 0) is 67.6 Å². The lowest BCUT2D eigenvalue weighted by Gasteiger charge is -2.31. The van der Waals surface area contributed by atoms with Crippen molar-refractivity contribution >= 4 is 23.3 Å². The molecule has 2 aromatic rings. The molecule has 1 aliphatic carbocycles. The number of amides is 2. The van der Waals surface area contributed by atoms with Gasteiger partial charge in [-0.1, -0.05) is 32.9 Å². The normalized spacial score (nSPS) is 21.5. The number of anilines is 2. The fourth-order valence-corrected chi connectivity index (χ4v) is 4.81. The summed E-state index contributed by atoms with van der Waals surface area (Å²) in [6, 6.07) is 8.37. The molecule has 4 rings (SSSR count). The Kier molecular flexibility index (Phi) is 7.28. The Bertz CT molecular complexity index is 1060. The van der Waals surface area contributed by atoms with E-state index in [1.165, 1.54) is 11.9 Å². The molecule has 1 aromatic carbocycles. The lowest BCUT2D eigenvalue weighted by Crippen LogP contribution is -2.42. The Balaban J connectivity index is 1.34. The number of nitrogens with one attached hydrogen (secondary N) is 1. The largest absolute Gasteiger partial charge is 0.475 e. The minimum Gasteiger partial charge on any atom is -0.475 e. The monoisotopic (exact) mass is 479 g/mol. The van der Waals surface area contributed by atoms with E-state index in [9.17, 15) is 9.59 Å². The fraction of sp³-hybridized carbons (Fsp3) is 0.556. The molecule has 1 aromatic heterocycles. The summed E-state index contributed by atoms with van der Waals surface area (Å²) in [4.78, 5) is 35.3. The second-order valence-corrected chi connectivity index (χ2v) is 10.9. The van der Waals surface area contributed by atoms with E-state index >= 15 is 0 Å². The van der Waals surface area contributed by atoms with Crippen LogP contribution in [-0.2, 0) is 4.79 Å². The standard InChI is InChI=1S/C27H37N5O3/c1-17(27(2,3)4)31-22(33)15-18-5-7-19(8-6-18)20-9-11-21(12-10-20)32-13-14-35-25-23(26(32)34)24(28)29-16-30-25/h9-12,16-19H,5-8,13-15H2,1-4H3,(H,31,33)(H2,28,29,30)/t17-,18-,19-/m0/s1. The summed E-state index contributed by atoms with van der Waals surface area (Å²) in [5, 5.41) is 3.17. The molecule has 0 radical (unpaired) electrons. The van der Waals surface area contributed by atoms with Crippen molar-refractivity contribution in [2.24, 2.45) is 11.3 Å². The van der Waals surface area contributed by atoms with Crippen molar-refractivity contribution in [1.82, 2.24) is 15.3 Å². The topological polar surface area (TPSA) is 110 Å². The number of carbonyl (C=O) groups is 2. The second-order valence-electron chi connectivity index (χ2n) is 10.9. The number of nitrogens with zero attached hydrogens (tertiary/aromatic N) is 3. The van der Waals surface area contributed by atoms with Crippen LogP contribution in [0, 0.1) is 11.3 Å². The Morgan fingerprint density at radius 1 is 1.17 bits per heavy atom. The minimum absolute atomic E-state index is 0.0637. The summed E-state index contributed by atoms with van der Waals surface area (Å²) in [6.07, 6.45) is 6.18. The van der Waals surface area contributed by atoms with Crippen LogP contribution in [0.4, 0.5) is 11.5 Å². The number of benzene rings is 1. The third-order valence-corrected chi connectivity index (χ3v) is 7.53. The summed E-state index contributed by atoms with van der Waals surface area (Å²) >= 11 is 0. The molecule has 0 saturated heterocycles. The third kappa shape index (κ3) is 5.74. The molecule has 1 aliphatic heterocycles. The average Bonchev–Trinajstić information content (AvgIpc) is 2.98. The van der Waals surface area contributed by atoms with Crippen LogP contribution in [0.1, 0.15) is 81.6 Å². The predicted molar refractivity (Wildman–Crippen MR) is 136 cm³/mol. The fourth-order valence-electron chi connectivity index (χ4n) is 4.81. The van der Waals surface area contributed by atoms with Gasteiger partial charge in [-0.25, -0.2) is 9.97 Å². The molecule has 0 spiro atoms. The molecular weight excluding hydrogens is 442 g/mol. The van der Waals surface area contributed by atoms with Gasteiger partial charge in [0.05, 0.1) is 6.54 Å². The number of hydrogen-bond donors (Lipinski definition) is 2. The van der Waals surface area contributed by atoms with E-state index in [0.29, 0.717) is 31.4 Å². The molecule has 2 aliphatic rings. The van der Waals surface area contributed by atoms with Crippen molar-refractivity contribution in [3.8, 4) is 5.88 Å². The van der Waals surface area contributed by atoms with Crippen LogP contribution in [0.5, 0.6) is 5.88 Å². The van der Waals surface area contributed by atoms with Gasteiger partial charge in [0.1, 0.15) is 24.3 Å². The first-order chi connectivity index (χ1) is 16.6. The van der Waals surface area contributed by atoms with Crippen molar-refractivity contribution in [2.75, 3.05) is 23.8 Å². The van der Waals surface area contributed by atoms with Gasteiger partial charge in [-0.3, -0.25) is 9.59 Å². The van der Waals surface area contributed by atoms with Crippen LogP contribution in [0.25, 0.3) is 0 Å². The van der Waals surface area contributed by atoms with Crippen molar-refractivity contribution in [3.63, 3.8) is 0 Å². The molecule has 3 N–H and O–H groups in total. The van der Waals surface area contributed by atoms with Crippen molar-refractivity contribution in [1.29, 1.82) is 0 Å². The molecule has 35 heavy (non-hydrogen) atoms. The SMILES string of the molecule is C[C@H](NC(=O)C[C@H]1CC[C@H](c2ccc(N3CCOc4ncnc(N)c4C3=O)cc2)CC1)C(C)(C)C. The van der Waals surface area contributed by atoms with Crippen LogP contribution < -0.4 is 20.7 Å². The zero-order valence-electron chi connectivity index (χ0n) is 21.2. The van der Waals surface area contributed by atoms with E-state index < -0.39 is 0 Å². The maximum Gasteiger partial charge on any atom is 0.267 e. The molecule has 2 amide bonds. The summed E-state index contributed by atoms with van der Waals surface area (Å²) < 4.78 is 5.62. The highest BCUT2D eigenvalue weighted by molar-refractivity contribution is 6.10. The molecule has 2 heterocycles. The minimum atomic E-state index is -0.247. The van der Waals surface area contributed by atoms with Crippen LogP contribution in [0.3, 0.4) is 0 Å². The van der Waals surface area contributed by atoms with Gasteiger partial charge < -0.3 is 20.7 Å². The van der Waals surface area contributed by atoms with Crippen molar-refractivity contribution in [2.45, 2.75) is 71.8 Å². The number of nitrogen functional groups attached to an aromatic ring is 1. The highest BCUT2D eigenvalue weighted by atomic mass is 16.5. The number of ether oxygens (including phenoxy) is 1. The Hall–Kier alpha value is -3.16. The van der Waals surface area contributed by atoms with Gasteiger partial charge in [0.2, 0.25) is 11.8 Å². The lowest BCUT2D eigenvalue weighted by molar-refractivity contribution is -0.123. The predicted octanol–water partition coefficient (Wildman–Crippen LogP) is 4.31. The molecule has 1 saturated carbocycles. The zero-order valence-corrected chi connectivity index (χ0v) is 21.2. The Morgan fingerprint density at radius 2 is 1.86 bits per heavy atom. The molecular formula is C27H37N5O3. The number of aromatic nitrogens is 2. The van der Waals surface area contributed by atoms with Crippen molar-refractivity contribution < 1.29 is 14.3 Å². The van der Waals surface area contributed by atoms with Gasteiger partial charge in [0.15, 0.2) is 0 Å². The molecule has 1 atom stereocenters. The van der Waals surface area contributed by atoms with E-state index in [1.54, 1.807) is 4.90 Å². The highest BCUT2D eigenvalue weighted by Gasteiger charge is 2.30. The van der Waals surface area contributed by atoms with Crippen LogP contribution in [0.2, 0.25) is 0 Å². The van der Waals surface area contributed by atoms with E-state index in [0.717, 1.165) is 31.4 Å². The van der Waals surface area contributed by atoms with E-state index in [2.05, 4.69) is 55.1 Å². The van der Waals surface area contributed by atoms with E-state index in [1.807, 2.05) is 12.1 Å². The smallest absolute Gasteiger partial charge is 0.267 e. The van der Waals surface area contributed by atoms with Gasteiger partial charge >= 0.3 is 0 Å². The molecule has 0 bridgehead atoms. The number of rotatable bonds is 5. The van der Waals surface area contributed by atoms with Crippen LogP contribution in [0.15, 0.2) is 30.6 Å². The van der Waals surface area contributed by atoms with Crippen LogP contribution in [-0.4, -0.2) is 41.0 Å². The first-order valence-electron chi connectivity index (χ1n) is 12.6. The Labute approximate surface area is 207 Å². The molecule has 0 unspecified atom stereocenters. The second kappa shape index (κ2) is 10.2. The number of hydrogen-bond acceptors (Lipinski definition) is 6. The highest BCUT2D eigenvalue weighted by Crippen LogP contribution is 2.38. The van der Waals surface area contributed by atoms with E-state index in [-0.39, 0.29) is 40.5 Å². The maximum atomic E-state index is 13.1. The number of nitrogens with two attached hydrogens (primary N) is 1. The first-order valence-corrected chi connectivity index (χ1v) is 12.6. The summed E-state index contributed by atoms with van der Waals surface area (Å²) in [7, 11) is 0. The summed E-state index contributed by atoms with van der Waals surface area (Å²) in [5.41, 5.74) is 8.30. The maximum absolute atomic E-state index is 13.1. The third-order valence-electron chi connectivity index (χ3n) is 7.53. The van der Waals surface area contributed by atoms with Gasteiger partial charge in [-0.2, -0.15) is 0 Å². The average molecular weight is 480 g/mol. The molecule has 1 fully saturated rings. The van der Waals surface area contributed by atoms with E-state index in [4.69, 9.17) is 10.5 Å². The van der Waals surface area contributed by atoms with Crippen molar-refractivity contribution in [3.05, 3.63) is 41.7 Å². The quantitative estimate of drug-likeness (QED) is 0.661. The number of carbonyl (C=O) groups excluding carboxylic acids is 2. The first kappa shape index (κ1) is 24.9. The molecule has 8 nitrogen and oxygen atoms in total. The summed E-state index contributed by atoms with van der Waals surface area (Å²) in [5.74, 6) is 1.20. The van der Waals surface area contributed by atoms with Crippen LogP contribution >= 0.6 is 0 Å². The zero-order chi connectivity index (χ0) is 25.2. The molecule has 8 heteroatoms. The van der Waals surface area contributed by atoms with Gasteiger partial charge in [0.25, 0.3) is 5.91 Å². The Morgan fingerprint density at radius 3 is 2.51 bits per heavy atom. The molecule has 188 valence electrons. The lowest BCUT2D eigenvalue weighted by atomic mass is 9.77. The number of fused-ring (bicyclic) bond motifs is 1. The van der Waals surface area contributed by atoms with Gasteiger partial charge in [0, 0.05) is 18.2 Å².